The summed E-state index contributed by atoms with van der Waals surface area (Å²) in [5.41, 5.74) is 5.02. The summed E-state index contributed by atoms with van der Waals surface area (Å²) in [6, 6.07) is 13.9. The van der Waals surface area contributed by atoms with Gasteiger partial charge in [-0.1, -0.05) is 48.0 Å². The summed E-state index contributed by atoms with van der Waals surface area (Å²) in [5.74, 6) is -0.487. The minimum absolute atomic E-state index is 0.0580. The van der Waals surface area contributed by atoms with Crippen molar-refractivity contribution >= 4 is 17.5 Å². The number of hydrogen-bond acceptors (Lipinski definition) is 4. The fourth-order valence-electron chi connectivity index (χ4n) is 5.41. The van der Waals surface area contributed by atoms with Crippen molar-refractivity contribution in [1.82, 2.24) is 10.0 Å². The standard InChI is InChI=1S/C24H27N3O2/c1-15-9-11-18(12-10-15)21-19-22(26-14-5-4-13-25(21)26)24(29)27(23(19)28)20-16(2)7-6-8-17(20)3/h6-12,19,21-22H,4-5,13-14H2,1-3H3/t19-,21-,22+/m0/s1. The Morgan fingerprint density at radius 2 is 1.34 bits per heavy atom. The third-order valence-electron chi connectivity index (χ3n) is 6.74. The highest BCUT2D eigenvalue weighted by Gasteiger charge is 2.62. The smallest absolute Gasteiger partial charge is 0.253 e. The average molecular weight is 389 g/mol. The van der Waals surface area contributed by atoms with Gasteiger partial charge >= 0.3 is 0 Å². The van der Waals surface area contributed by atoms with Crippen molar-refractivity contribution in [2.24, 2.45) is 5.92 Å². The van der Waals surface area contributed by atoms with Crippen molar-refractivity contribution in [3.8, 4) is 0 Å². The van der Waals surface area contributed by atoms with Crippen LogP contribution in [0.25, 0.3) is 0 Å². The van der Waals surface area contributed by atoms with Crippen LogP contribution >= 0.6 is 0 Å². The van der Waals surface area contributed by atoms with Gasteiger partial charge in [-0.3, -0.25) is 9.59 Å². The van der Waals surface area contributed by atoms with E-state index in [4.69, 9.17) is 0 Å². The predicted octanol–water partition coefficient (Wildman–Crippen LogP) is 3.54. The molecule has 2 amide bonds. The molecule has 3 atom stereocenters. The van der Waals surface area contributed by atoms with Crippen LogP contribution in [0, 0.1) is 26.7 Å². The Morgan fingerprint density at radius 1 is 0.759 bits per heavy atom. The molecule has 0 saturated carbocycles. The number of hydrazine groups is 1. The van der Waals surface area contributed by atoms with Crippen molar-refractivity contribution in [1.29, 1.82) is 0 Å². The summed E-state index contributed by atoms with van der Waals surface area (Å²) >= 11 is 0. The molecule has 5 heteroatoms. The van der Waals surface area contributed by atoms with Crippen LogP contribution in [0.1, 0.15) is 41.1 Å². The normalized spacial score (nSPS) is 27.4. The maximum absolute atomic E-state index is 13.7. The number of rotatable bonds is 2. The van der Waals surface area contributed by atoms with Gasteiger partial charge in [0, 0.05) is 13.1 Å². The third-order valence-corrected chi connectivity index (χ3v) is 6.74. The lowest BCUT2D eigenvalue weighted by atomic mass is 9.90. The average Bonchev–Trinajstić information content (AvgIpc) is 3.17. The molecule has 3 aliphatic rings. The van der Waals surface area contributed by atoms with Crippen molar-refractivity contribution in [3.63, 3.8) is 0 Å². The summed E-state index contributed by atoms with van der Waals surface area (Å²) in [6.07, 6.45) is 2.16. The number of hydrogen-bond donors (Lipinski definition) is 0. The van der Waals surface area contributed by atoms with Gasteiger partial charge in [0.25, 0.3) is 5.91 Å². The summed E-state index contributed by atoms with van der Waals surface area (Å²) in [6.45, 7) is 7.75. The topological polar surface area (TPSA) is 43.9 Å². The van der Waals surface area contributed by atoms with E-state index in [-0.39, 0.29) is 23.8 Å². The maximum atomic E-state index is 13.7. The fourth-order valence-corrected chi connectivity index (χ4v) is 5.41. The van der Waals surface area contributed by atoms with Crippen molar-refractivity contribution in [2.45, 2.75) is 45.7 Å². The summed E-state index contributed by atoms with van der Waals surface area (Å²) in [7, 11) is 0. The summed E-state index contributed by atoms with van der Waals surface area (Å²) in [4.78, 5) is 28.9. The van der Waals surface area contributed by atoms with Crippen LogP contribution in [0.5, 0.6) is 0 Å². The number of carbonyl (C=O) groups excluding carboxylic acids is 2. The van der Waals surface area contributed by atoms with Crippen LogP contribution in [0.3, 0.4) is 0 Å². The Hall–Kier alpha value is -2.50. The molecular formula is C24H27N3O2. The Balaban J connectivity index is 1.62. The highest BCUT2D eigenvalue weighted by atomic mass is 16.2. The second-order valence-corrected chi connectivity index (χ2v) is 8.61. The van der Waals surface area contributed by atoms with E-state index in [0.29, 0.717) is 0 Å². The molecule has 0 unspecified atom stereocenters. The lowest BCUT2D eigenvalue weighted by Crippen LogP contribution is -2.50. The van der Waals surface area contributed by atoms with E-state index >= 15 is 0 Å². The molecule has 0 bridgehead atoms. The number of imide groups is 1. The van der Waals surface area contributed by atoms with E-state index in [2.05, 4.69) is 41.2 Å². The molecule has 0 aromatic heterocycles. The Labute approximate surface area is 171 Å². The van der Waals surface area contributed by atoms with Crippen molar-refractivity contribution in [2.75, 3.05) is 18.0 Å². The maximum Gasteiger partial charge on any atom is 0.253 e. The number of carbonyl (C=O) groups is 2. The van der Waals surface area contributed by atoms with Gasteiger partial charge in [-0.2, -0.15) is 0 Å². The predicted molar refractivity (Wildman–Crippen MR) is 112 cm³/mol. The van der Waals surface area contributed by atoms with Crippen LogP contribution in [-0.4, -0.2) is 41.0 Å². The van der Waals surface area contributed by atoms with Gasteiger partial charge in [0.1, 0.15) is 6.04 Å². The van der Waals surface area contributed by atoms with Crippen LogP contribution in [0.15, 0.2) is 42.5 Å². The second kappa shape index (κ2) is 6.78. The third kappa shape index (κ3) is 2.68. The Morgan fingerprint density at radius 3 is 1.97 bits per heavy atom. The van der Waals surface area contributed by atoms with E-state index in [1.54, 1.807) is 0 Å². The number of aryl methyl sites for hydroxylation is 3. The first-order valence-corrected chi connectivity index (χ1v) is 10.5. The van der Waals surface area contributed by atoms with E-state index in [9.17, 15) is 9.59 Å². The fraction of sp³-hybridized carbons (Fsp3) is 0.417. The van der Waals surface area contributed by atoms with Crippen LogP contribution in [0.4, 0.5) is 5.69 Å². The summed E-state index contributed by atoms with van der Waals surface area (Å²) < 4.78 is 0. The molecule has 3 aliphatic heterocycles. The number of fused-ring (bicyclic) bond motifs is 3. The number of anilines is 1. The largest absolute Gasteiger partial charge is 0.274 e. The molecule has 2 aromatic carbocycles. The van der Waals surface area contributed by atoms with Crippen LogP contribution in [-0.2, 0) is 9.59 Å². The van der Waals surface area contributed by atoms with E-state index in [1.165, 1.54) is 10.5 Å². The van der Waals surface area contributed by atoms with Crippen molar-refractivity contribution in [3.05, 3.63) is 64.7 Å². The number of para-hydroxylation sites is 1. The highest BCUT2D eigenvalue weighted by Crippen LogP contribution is 2.49. The zero-order chi connectivity index (χ0) is 20.3. The van der Waals surface area contributed by atoms with Crippen LogP contribution in [0.2, 0.25) is 0 Å². The SMILES string of the molecule is Cc1ccc([C@H]2[C@@H]3C(=O)N(c4c(C)cccc4C)C(=O)[C@@H]3N3CCCCN23)cc1. The molecular weight excluding hydrogens is 362 g/mol. The zero-order valence-electron chi connectivity index (χ0n) is 17.3. The van der Waals surface area contributed by atoms with Gasteiger partial charge in [0.15, 0.2) is 0 Å². The van der Waals surface area contributed by atoms with E-state index in [1.807, 2.05) is 32.0 Å². The van der Waals surface area contributed by atoms with Crippen LogP contribution < -0.4 is 4.90 Å². The molecule has 5 nitrogen and oxygen atoms in total. The van der Waals surface area contributed by atoms with E-state index in [0.717, 1.165) is 48.3 Å². The summed E-state index contributed by atoms with van der Waals surface area (Å²) in [5, 5.41) is 4.48. The molecule has 0 aliphatic carbocycles. The minimum Gasteiger partial charge on any atom is -0.274 e. The first kappa shape index (κ1) is 18.5. The van der Waals surface area contributed by atoms with E-state index < -0.39 is 6.04 Å². The molecule has 0 spiro atoms. The first-order chi connectivity index (χ1) is 14.0. The molecule has 2 aromatic rings. The lowest BCUT2D eigenvalue weighted by molar-refractivity contribution is -0.130. The van der Waals surface area contributed by atoms with Crippen molar-refractivity contribution < 1.29 is 9.59 Å². The molecule has 3 saturated heterocycles. The first-order valence-electron chi connectivity index (χ1n) is 10.5. The quantitative estimate of drug-likeness (QED) is 0.737. The molecule has 29 heavy (non-hydrogen) atoms. The number of nitrogens with zero attached hydrogens (tertiary/aromatic N) is 3. The van der Waals surface area contributed by atoms with Gasteiger partial charge in [-0.05, 0) is 50.3 Å². The Kier molecular flexibility index (Phi) is 4.33. The monoisotopic (exact) mass is 389 g/mol. The molecule has 5 rings (SSSR count). The zero-order valence-corrected chi connectivity index (χ0v) is 17.3. The molecule has 150 valence electrons. The highest BCUT2D eigenvalue weighted by molar-refractivity contribution is 6.24. The number of benzene rings is 2. The lowest BCUT2D eigenvalue weighted by Gasteiger charge is -2.39. The molecule has 0 N–H and O–H groups in total. The molecule has 0 radical (unpaired) electrons. The minimum atomic E-state index is -0.395. The van der Waals surface area contributed by atoms with Gasteiger partial charge in [-0.15, -0.1) is 0 Å². The number of amides is 2. The van der Waals surface area contributed by atoms with Gasteiger partial charge in [-0.25, -0.2) is 14.9 Å². The van der Waals surface area contributed by atoms with Gasteiger partial charge in [0.05, 0.1) is 17.6 Å². The van der Waals surface area contributed by atoms with Gasteiger partial charge < -0.3 is 0 Å². The molecule has 3 heterocycles. The second-order valence-electron chi connectivity index (χ2n) is 8.61. The molecule has 3 fully saturated rings. The Bertz CT molecular complexity index is 964. The van der Waals surface area contributed by atoms with Gasteiger partial charge in [0.2, 0.25) is 5.91 Å².